The van der Waals surface area contributed by atoms with Gasteiger partial charge in [-0.25, -0.2) is 0 Å². The minimum atomic E-state index is -0.246. The Labute approximate surface area is 199 Å². The standard InChI is InChI=1S/C23H39N5O.HI/c1-18-10-14-28(15-11-18)13-7-12-25-22(24-5)26-17-19-8-6-9-20(16-19)21(29)27-23(2,3)4;/h6,8-9,16,18H,7,10-15,17H2,1-5H3,(H,27,29)(H2,24,25,26);1H. The Morgan fingerprint density at radius 1 is 1.20 bits per heavy atom. The predicted octanol–water partition coefficient (Wildman–Crippen LogP) is 3.62. The fourth-order valence-electron chi connectivity index (χ4n) is 3.44. The quantitative estimate of drug-likeness (QED) is 0.219. The number of piperidine rings is 1. The van der Waals surface area contributed by atoms with Gasteiger partial charge in [-0.2, -0.15) is 0 Å². The maximum absolute atomic E-state index is 12.4. The van der Waals surface area contributed by atoms with E-state index in [1.807, 2.05) is 45.0 Å². The Kier molecular flexibility index (Phi) is 11.7. The highest BCUT2D eigenvalue weighted by atomic mass is 127. The van der Waals surface area contributed by atoms with Crippen LogP contribution in [0.1, 0.15) is 62.9 Å². The molecular weight excluding hydrogens is 489 g/mol. The van der Waals surface area contributed by atoms with E-state index in [2.05, 4.69) is 32.8 Å². The molecule has 1 aromatic carbocycles. The lowest BCUT2D eigenvalue weighted by molar-refractivity contribution is 0.0919. The van der Waals surface area contributed by atoms with Crippen LogP contribution in [0.25, 0.3) is 0 Å². The number of nitrogens with one attached hydrogen (secondary N) is 3. The highest BCUT2D eigenvalue weighted by Gasteiger charge is 2.16. The third-order valence-electron chi connectivity index (χ3n) is 5.18. The summed E-state index contributed by atoms with van der Waals surface area (Å²) in [6.07, 6.45) is 3.75. The molecule has 0 saturated carbocycles. The van der Waals surface area contributed by atoms with Gasteiger partial charge in [0.2, 0.25) is 0 Å². The van der Waals surface area contributed by atoms with Crippen LogP contribution >= 0.6 is 24.0 Å². The van der Waals surface area contributed by atoms with Gasteiger partial charge >= 0.3 is 0 Å². The van der Waals surface area contributed by atoms with Gasteiger partial charge in [-0.05, 0) is 83.3 Å². The lowest BCUT2D eigenvalue weighted by Crippen LogP contribution is -2.40. The first-order valence-electron chi connectivity index (χ1n) is 10.8. The number of benzene rings is 1. The third kappa shape index (κ3) is 10.1. The van der Waals surface area contributed by atoms with Gasteiger partial charge in [0, 0.05) is 31.2 Å². The van der Waals surface area contributed by atoms with Gasteiger partial charge in [-0.3, -0.25) is 9.79 Å². The highest BCUT2D eigenvalue weighted by Crippen LogP contribution is 2.15. The lowest BCUT2D eigenvalue weighted by Gasteiger charge is -2.30. The van der Waals surface area contributed by atoms with E-state index in [4.69, 9.17) is 0 Å². The maximum Gasteiger partial charge on any atom is 0.251 e. The third-order valence-corrected chi connectivity index (χ3v) is 5.18. The van der Waals surface area contributed by atoms with Crippen LogP contribution in [0.15, 0.2) is 29.3 Å². The van der Waals surface area contributed by atoms with Crippen molar-refractivity contribution < 1.29 is 4.79 Å². The van der Waals surface area contributed by atoms with Crippen molar-refractivity contribution in [2.45, 2.75) is 59.0 Å². The number of amides is 1. The molecule has 0 unspecified atom stereocenters. The summed E-state index contributed by atoms with van der Waals surface area (Å²) in [5.74, 6) is 1.63. The maximum atomic E-state index is 12.4. The van der Waals surface area contributed by atoms with E-state index in [0.29, 0.717) is 12.1 Å². The number of guanidine groups is 1. The number of rotatable bonds is 7. The molecule has 2 rings (SSSR count). The van der Waals surface area contributed by atoms with Crippen molar-refractivity contribution in [1.82, 2.24) is 20.9 Å². The number of hydrogen-bond donors (Lipinski definition) is 3. The second kappa shape index (κ2) is 13.1. The Bertz CT molecular complexity index is 678. The summed E-state index contributed by atoms with van der Waals surface area (Å²) in [4.78, 5) is 19.2. The summed E-state index contributed by atoms with van der Waals surface area (Å²) in [6, 6.07) is 7.72. The summed E-state index contributed by atoms with van der Waals surface area (Å²) in [6.45, 7) is 13.4. The molecule has 170 valence electrons. The van der Waals surface area contributed by atoms with Crippen LogP contribution in [-0.4, -0.2) is 55.5 Å². The van der Waals surface area contributed by atoms with Crippen molar-refractivity contribution >= 4 is 35.8 Å². The number of carbonyl (C=O) groups is 1. The van der Waals surface area contributed by atoms with Crippen LogP contribution in [0.3, 0.4) is 0 Å². The average Bonchev–Trinajstić information content (AvgIpc) is 2.68. The van der Waals surface area contributed by atoms with Gasteiger partial charge in [0.15, 0.2) is 5.96 Å². The van der Waals surface area contributed by atoms with Crippen molar-refractivity contribution in [1.29, 1.82) is 0 Å². The molecule has 0 atom stereocenters. The van der Waals surface area contributed by atoms with Gasteiger partial charge in [0.25, 0.3) is 5.91 Å². The van der Waals surface area contributed by atoms with Crippen LogP contribution in [-0.2, 0) is 6.54 Å². The van der Waals surface area contributed by atoms with Crippen LogP contribution in [0.2, 0.25) is 0 Å². The first-order chi connectivity index (χ1) is 13.8. The molecule has 0 aliphatic carbocycles. The summed E-state index contributed by atoms with van der Waals surface area (Å²) < 4.78 is 0. The number of halogens is 1. The van der Waals surface area contributed by atoms with Crippen LogP contribution in [0.4, 0.5) is 0 Å². The first-order valence-corrected chi connectivity index (χ1v) is 10.8. The van der Waals surface area contributed by atoms with E-state index >= 15 is 0 Å². The number of nitrogens with zero attached hydrogens (tertiary/aromatic N) is 2. The van der Waals surface area contributed by atoms with Crippen molar-refractivity contribution in [3.8, 4) is 0 Å². The number of hydrogen-bond acceptors (Lipinski definition) is 3. The van der Waals surface area contributed by atoms with E-state index in [1.165, 1.54) is 25.9 Å². The van der Waals surface area contributed by atoms with Crippen LogP contribution in [0, 0.1) is 5.92 Å². The SMILES string of the molecule is CN=C(NCCCN1CCC(C)CC1)NCc1cccc(C(=O)NC(C)(C)C)c1.I. The van der Waals surface area contributed by atoms with E-state index in [1.54, 1.807) is 7.05 Å². The molecule has 1 fully saturated rings. The number of carbonyl (C=O) groups excluding carboxylic acids is 1. The molecule has 1 heterocycles. The molecule has 1 aliphatic rings. The molecule has 0 spiro atoms. The first kappa shape index (κ1) is 26.7. The van der Waals surface area contributed by atoms with Crippen molar-refractivity contribution in [3.05, 3.63) is 35.4 Å². The van der Waals surface area contributed by atoms with Gasteiger partial charge in [0.1, 0.15) is 0 Å². The topological polar surface area (TPSA) is 68.8 Å². The lowest BCUT2D eigenvalue weighted by atomic mass is 9.99. The average molecular weight is 530 g/mol. The molecule has 0 radical (unpaired) electrons. The molecule has 0 aromatic heterocycles. The molecule has 3 N–H and O–H groups in total. The zero-order valence-electron chi connectivity index (χ0n) is 19.3. The van der Waals surface area contributed by atoms with E-state index in [9.17, 15) is 4.79 Å². The van der Waals surface area contributed by atoms with Crippen LogP contribution < -0.4 is 16.0 Å². The highest BCUT2D eigenvalue weighted by molar-refractivity contribution is 14.0. The van der Waals surface area contributed by atoms with E-state index in [0.717, 1.165) is 37.0 Å². The van der Waals surface area contributed by atoms with Gasteiger partial charge in [-0.1, -0.05) is 19.1 Å². The summed E-state index contributed by atoms with van der Waals surface area (Å²) in [7, 11) is 1.79. The Balaban J connectivity index is 0.00000450. The largest absolute Gasteiger partial charge is 0.356 e. The number of aliphatic imine (C=N–C) groups is 1. The summed E-state index contributed by atoms with van der Waals surface area (Å²) in [5.41, 5.74) is 1.49. The summed E-state index contributed by atoms with van der Waals surface area (Å²) in [5, 5.41) is 9.73. The van der Waals surface area contributed by atoms with Gasteiger partial charge < -0.3 is 20.9 Å². The van der Waals surface area contributed by atoms with Crippen LogP contribution in [0.5, 0.6) is 0 Å². The molecule has 0 bridgehead atoms. The second-order valence-electron chi connectivity index (χ2n) is 9.13. The molecule has 1 aromatic rings. The molecular formula is C23H40IN5O. The minimum Gasteiger partial charge on any atom is -0.356 e. The van der Waals surface area contributed by atoms with E-state index < -0.39 is 0 Å². The molecule has 30 heavy (non-hydrogen) atoms. The predicted molar refractivity (Wildman–Crippen MR) is 137 cm³/mol. The second-order valence-corrected chi connectivity index (χ2v) is 9.13. The zero-order valence-corrected chi connectivity index (χ0v) is 21.6. The molecule has 6 nitrogen and oxygen atoms in total. The molecule has 1 aliphatic heterocycles. The monoisotopic (exact) mass is 529 g/mol. The number of likely N-dealkylation sites (tertiary alicyclic amines) is 1. The smallest absolute Gasteiger partial charge is 0.251 e. The molecule has 1 amide bonds. The molecule has 1 saturated heterocycles. The van der Waals surface area contributed by atoms with Gasteiger partial charge in [-0.15, -0.1) is 24.0 Å². The Morgan fingerprint density at radius 2 is 1.90 bits per heavy atom. The van der Waals surface area contributed by atoms with Gasteiger partial charge in [0.05, 0.1) is 0 Å². The fourth-order valence-corrected chi connectivity index (χ4v) is 3.44. The Morgan fingerprint density at radius 3 is 2.53 bits per heavy atom. The van der Waals surface area contributed by atoms with E-state index in [-0.39, 0.29) is 35.4 Å². The van der Waals surface area contributed by atoms with Crippen molar-refractivity contribution in [2.75, 3.05) is 33.2 Å². The van der Waals surface area contributed by atoms with Crippen molar-refractivity contribution in [3.63, 3.8) is 0 Å². The molecule has 7 heteroatoms. The zero-order chi connectivity index (χ0) is 21.3. The van der Waals surface area contributed by atoms with Crippen molar-refractivity contribution in [2.24, 2.45) is 10.9 Å². The Hall–Kier alpha value is -1.35. The summed E-state index contributed by atoms with van der Waals surface area (Å²) >= 11 is 0. The fraction of sp³-hybridized carbons (Fsp3) is 0.652. The minimum absolute atomic E-state index is 0. The normalized spacial score (nSPS) is 16.0.